The number of amides is 1. The van der Waals surface area contributed by atoms with Crippen LogP contribution >= 0.6 is 0 Å². The van der Waals surface area contributed by atoms with Gasteiger partial charge in [-0.2, -0.15) is 0 Å². The molecule has 0 saturated heterocycles. The molecule has 0 spiro atoms. The van der Waals surface area contributed by atoms with Crippen LogP contribution in [0, 0.1) is 10.1 Å². The number of nitro benzene ring substituents is 1. The van der Waals surface area contributed by atoms with E-state index in [1.807, 2.05) is 0 Å². The van der Waals surface area contributed by atoms with Gasteiger partial charge < -0.3 is 15.5 Å². The first-order chi connectivity index (χ1) is 12.8. The Balaban J connectivity index is 1.88. The van der Waals surface area contributed by atoms with Gasteiger partial charge in [0.1, 0.15) is 11.5 Å². The Labute approximate surface area is 153 Å². The molecule has 0 aliphatic heterocycles. The molecule has 27 heavy (non-hydrogen) atoms. The zero-order valence-electron chi connectivity index (χ0n) is 14.4. The molecule has 2 aromatic rings. The maximum Gasteiger partial charge on any atom is 0.294 e. The summed E-state index contributed by atoms with van der Waals surface area (Å²) in [5.41, 5.74) is 0.798. The Kier molecular flexibility index (Phi) is 3.69. The summed E-state index contributed by atoms with van der Waals surface area (Å²) in [7, 11) is 0. The van der Waals surface area contributed by atoms with Crippen molar-refractivity contribution < 1.29 is 24.7 Å². The standard InChI is InChI=1S/C18H17N3O6/c1-8(22)19-12-5-3-10(7-13(12)21(26)27)20-17(24)15-9-2-4-11(14(23)6-9)16(15)18(20)25/h3,5,7,9,11,24-25H,2,4,6H2,1H3,(H,19,22)/t9-,11+/m0/s1. The third kappa shape index (κ3) is 2.46. The molecule has 2 bridgehead atoms. The van der Waals surface area contributed by atoms with Crippen LogP contribution in [0.2, 0.25) is 0 Å². The number of rotatable bonds is 3. The minimum absolute atomic E-state index is 0.0161. The van der Waals surface area contributed by atoms with Gasteiger partial charge in [0.2, 0.25) is 17.7 Å². The summed E-state index contributed by atoms with van der Waals surface area (Å²) in [5, 5.41) is 35.2. The molecular weight excluding hydrogens is 354 g/mol. The number of Topliss-reactive ketones (excluding diaryl/α,β-unsaturated/α-hetero) is 1. The molecule has 0 unspecified atom stereocenters. The molecule has 3 aliphatic carbocycles. The summed E-state index contributed by atoms with van der Waals surface area (Å²) >= 11 is 0. The molecule has 2 atom stereocenters. The average molecular weight is 371 g/mol. The Morgan fingerprint density at radius 3 is 2.59 bits per heavy atom. The highest BCUT2D eigenvalue weighted by molar-refractivity contribution is 5.92. The van der Waals surface area contributed by atoms with E-state index in [0.717, 1.165) is 11.0 Å². The van der Waals surface area contributed by atoms with Crippen molar-refractivity contribution in [3.63, 3.8) is 0 Å². The molecule has 1 aromatic carbocycles. The number of aromatic hydroxyl groups is 2. The fourth-order valence-corrected chi connectivity index (χ4v) is 4.25. The minimum atomic E-state index is -0.653. The monoisotopic (exact) mass is 371 g/mol. The van der Waals surface area contributed by atoms with Gasteiger partial charge in [-0.25, -0.2) is 0 Å². The topological polar surface area (TPSA) is 135 Å². The molecule has 1 aromatic heterocycles. The summed E-state index contributed by atoms with van der Waals surface area (Å²) in [4.78, 5) is 34.2. The van der Waals surface area contributed by atoms with Crippen molar-refractivity contribution in [2.45, 2.75) is 38.0 Å². The second-order valence-electron chi connectivity index (χ2n) is 6.95. The lowest BCUT2D eigenvalue weighted by Gasteiger charge is -2.34. The lowest BCUT2D eigenvalue weighted by atomic mass is 9.67. The van der Waals surface area contributed by atoms with E-state index in [1.165, 1.54) is 25.1 Å². The first-order valence-corrected chi connectivity index (χ1v) is 8.55. The van der Waals surface area contributed by atoms with Gasteiger partial charge in [-0.05, 0) is 30.9 Å². The van der Waals surface area contributed by atoms with Crippen molar-refractivity contribution in [3.05, 3.63) is 39.4 Å². The molecule has 3 aliphatic rings. The van der Waals surface area contributed by atoms with Crippen molar-refractivity contribution in [3.8, 4) is 17.4 Å². The predicted octanol–water partition coefficient (Wildman–Crippen LogP) is 2.69. The van der Waals surface area contributed by atoms with E-state index in [-0.39, 0.29) is 40.5 Å². The molecule has 1 saturated carbocycles. The highest BCUT2D eigenvalue weighted by Crippen LogP contribution is 2.56. The second-order valence-corrected chi connectivity index (χ2v) is 6.95. The quantitative estimate of drug-likeness (QED) is 0.561. The van der Waals surface area contributed by atoms with Crippen molar-refractivity contribution in [1.82, 2.24) is 4.57 Å². The molecule has 140 valence electrons. The SMILES string of the molecule is CC(=O)Nc1ccc(-n2c(O)c3c(c2O)[C@@H]2CC[C@H]3CC2=O)cc1[N+](=O)[O-]. The van der Waals surface area contributed by atoms with Crippen LogP contribution in [-0.2, 0) is 9.59 Å². The van der Waals surface area contributed by atoms with Crippen LogP contribution in [0.1, 0.15) is 49.1 Å². The summed E-state index contributed by atoms with van der Waals surface area (Å²) < 4.78 is 1.12. The molecule has 9 nitrogen and oxygen atoms in total. The summed E-state index contributed by atoms with van der Waals surface area (Å²) in [6, 6.07) is 3.96. The first-order valence-electron chi connectivity index (χ1n) is 8.55. The van der Waals surface area contributed by atoms with Gasteiger partial charge in [0.05, 0.1) is 10.6 Å². The van der Waals surface area contributed by atoms with Gasteiger partial charge in [0, 0.05) is 36.5 Å². The Morgan fingerprint density at radius 2 is 1.96 bits per heavy atom. The van der Waals surface area contributed by atoms with E-state index in [9.17, 15) is 29.9 Å². The highest BCUT2D eigenvalue weighted by Gasteiger charge is 2.45. The van der Waals surface area contributed by atoms with Crippen molar-refractivity contribution in [2.75, 3.05) is 5.32 Å². The van der Waals surface area contributed by atoms with Gasteiger partial charge >= 0.3 is 0 Å². The van der Waals surface area contributed by atoms with Gasteiger partial charge in [-0.1, -0.05) is 0 Å². The third-order valence-corrected chi connectivity index (χ3v) is 5.34. The number of benzene rings is 1. The van der Waals surface area contributed by atoms with Crippen molar-refractivity contribution >= 4 is 23.1 Å². The molecule has 9 heteroatoms. The fraction of sp³-hybridized carbons (Fsp3) is 0.333. The first kappa shape index (κ1) is 17.1. The lowest BCUT2D eigenvalue weighted by Crippen LogP contribution is -2.28. The number of fused-ring (bicyclic) bond motifs is 2. The number of nitrogens with zero attached hydrogens (tertiary/aromatic N) is 2. The van der Waals surface area contributed by atoms with Gasteiger partial charge in [-0.3, -0.25) is 24.3 Å². The van der Waals surface area contributed by atoms with Crippen LogP contribution in [-0.4, -0.2) is 31.4 Å². The number of carbonyl (C=O) groups excluding carboxylic acids is 2. The Bertz CT molecular complexity index is 1010. The van der Waals surface area contributed by atoms with Gasteiger partial charge in [0.15, 0.2) is 0 Å². The van der Waals surface area contributed by atoms with Crippen LogP contribution in [0.5, 0.6) is 11.8 Å². The highest BCUT2D eigenvalue weighted by atomic mass is 16.6. The van der Waals surface area contributed by atoms with E-state index in [0.29, 0.717) is 24.0 Å². The summed E-state index contributed by atoms with van der Waals surface area (Å²) in [5.74, 6) is -1.50. The van der Waals surface area contributed by atoms with E-state index in [1.54, 1.807) is 0 Å². The number of hydrogen-bond acceptors (Lipinski definition) is 6. The number of carbonyl (C=O) groups is 2. The fourth-order valence-electron chi connectivity index (χ4n) is 4.25. The summed E-state index contributed by atoms with van der Waals surface area (Å²) in [6.45, 7) is 1.24. The Morgan fingerprint density at radius 1 is 1.26 bits per heavy atom. The zero-order chi connectivity index (χ0) is 19.5. The number of hydrogen-bond donors (Lipinski definition) is 3. The zero-order valence-corrected chi connectivity index (χ0v) is 14.4. The maximum absolute atomic E-state index is 12.2. The van der Waals surface area contributed by atoms with E-state index < -0.39 is 16.7 Å². The second kappa shape index (κ2) is 5.83. The molecule has 1 heterocycles. The number of nitro groups is 1. The molecule has 1 fully saturated rings. The van der Waals surface area contributed by atoms with Crippen LogP contribution in [0.3, 0.4) is 0 Å². The van der Waals surface area contributed by atoms with Crippen molar-refractivity contribution in [2.24, 2.45) is 0 Å². The largest absolute Gasteiger partial charge is 0.494 e. The number of anilines is 1. The van der Waals surface area contributed by atoms with E-state index in [4.69, 9.17) is 0 Å². The normalized spacial score (nSPS) is 20.4. The van der Waals surface area contributed by atoms with Crippen LogP contribution in [0.25, 0.3) is 5.69 Å². The number of nitrogens with one attached hydrogen (secondary N) is 1. The maximum atomic E-state index is 12.2. The molecule has 5 rings (SSSR count). The molecule has 1 amide bonds. The van der Waals surface area contributed by atoms with Crippen LogP contribution < -0.4 is 5.32 Å². The minimum Gasteiger partial charge on any atom is -0.494 e. The average Bonchev–Trinajstić information content (AvgIpc) is 2.88. The van der Waals surface area contributed by atoms with Crippen LogP contribution in [0.4, 0.5) is 11.4 Å². The molecule has 0 radical (unpaired) electrons. The van der Waals surface area contributed by atoms with Gasteiger partial charge in [-0.15, -0.1) is 0 Å². The molecular formula is C18H17N3O6. The van der Waals surface area contributed by atoms with Crippen molar-refractivity contribution in [1.29, 1.82) is 0 Å². The Hall–Kier alpha value is -3.36. The van der Waals surface area contributed by atoms with Gasteiger partial charge in [0.25, 0.3) is 5.69 Å². The molecule has 3 N–H and O–H groups in total. The van der Waals surface area contributed by atoms with E-state index >= 15 is 0 Å². The van der Waals surface area contributed by atoms with E-state index in [2.05, 4.69) is 5.32 Å². The summed E-state index contributed by atoms with van der Waals surface area (Å²) in [6.07, 6.45) is 1.70. The smallest absolute Gasteiger partial charge is 0.294 e. The number of ketones is 1. The predicted molar refractivity (Wildman–Crippen MR) is 94.4 cm³/mol. The van der Waals surface area contributed by atoms with Crippen LogP contribution in [0.15, 0.2) is 18.2 Å². The number of aromatic nitrogens is 1. The third-order valence-electron chi connectivity index (χ3n) is 5.34. The lowest BCUT2D eigenvalue weighted by molar-refractivity contribution is -0.383.